The van der Waals surface area contributed by atoms with Gasteiger partial charge in [0, 0.05) is 12.5 Å². The average Bonchev–Trinajstić information content (AvgIpc) is 2.46. The maximum Gasteiger partial charge on any atom is 0.471 e. The van der Waals surface area contributed by atoms with Crippen molar-refractivity contribution in [2.75, 3.05) is 0 Å². The Morgan fingerprint density at radius 3 is 2.13 bits per heavy atom. The first kappa shape index (κ1) is 19.0. The maximum absolute atomic E-state index is 13.1. The number of amides is 2. The van der Waals surface area contributed by atoms with E-state index in [0.29, 0.717) is 5.56 Å². The Morgan fingerprint density at radius 1 is 1.22 bits per heavy atom. The van der Waals surface area contributed by atoms with Crippen molar-refractivity contribution in [2.24, 2.45) is 5.73 Å². The first-order chi connectivity index (χ1) is 10.5. The number of nitrogens with zero attached hydrogens (tertiary/aromatic N) is 1. The highest BCUT2D eigenvalue weighted by Crippen LogP contribution is 2.37. The van der Waals surface area contributed by atoms with Crippen LogP contribution in [0.15, 0.2) is 30.3 Å². The minimum atomic E-state index is -5.03. The quantitative estimate of drug-likeness (QED) is 0.871. The molecule has 0 aliphatic carbocycles. The first-order valence-corrected chi connectivity index (χ1v) is 7.28. The van der Waals surface area contributed by atoms with Gasteiger partial charge >= 0.3 is 12.1 Å². The van der Waals surface area contributed by atoms with E-state index in [1.165, 1.54) is 6.92 Å². The molecule has 0 aliphatic rings. The molecule has 4 nitrogen and oxygen atoms in total. The van der Waals surface area contributed by atoms with E-state index >= 15 is 0 Å². The fourth-order valence-corrected chi connectivity index (χ4v) is 2.74. The van der Waals surface area contributed by atoms with E-state index in [2.05, 4.69) is 0 Å². The van der Waals surface area contributed by atoms with E-state index in [1.807, 2.05) is 0 Å². The number of hydrogen-bond acceptors (Lipinski definition) is 2. The summed E-state index contributed by atoms with van der Waals surface area (Å²) in [6.07, 6.45) is -5.12. The molecule has 128 valence electrons. The van der Waals surface area contributed by atoms with Gasteiger partial charge in [-0.15, -0.1) is 0 Å². The number of carbonyl (C=O) groups is 2. The van der Waals surface area contributed by atoms with Crippen LogP contribution >= 0.6 is 0 Å². The van der Waals surface area contributed by atoms with E-state index in [-0.39, 0.29) is 12.8 Å². The van der Waals surface area contributed by atoms with Gasteiger partial charge in [-0.1, -0.05) is 37.3 Å². The molecule has 2 unspecified atom stereocenters. The van der Waals surface area contributed by atoms with Gasteiger partial charge in [-0.05, 0) is 25.8 Å². The Kier molecular flexibility index (Phi) is 5.80. The summed E-state index contributed by atoms with van der Waals surface area (Å²) in [5.74, 6) is -2.73. The fraction of sp³-hybridized carbons (Fsp3) is 0.500. The van der Waals surface area contributed by atoms with Crippen molar-refractivity contribution >= 4 is 11.8 Å². The molecule has 23 heavy (non-hydrogen) atoms. The molecule has 0 aromatic heterocycles. The number of rotatable bonds is 6. The standard InChI is InChI=1S/C16H21F3N2O2/c1-4-15(3,12-8-6-5-7-9-12)21(11(2)10-13(20)22)14(23)16(17,18)19/h5-9,11H,4,10H2,1-3H3,(H2,20,22). The van der Waals surface area contributed by atoms with Crippen LogP contribution in [0.4, 0.5) is 13.2 Å². The second-order valence-corrected chi connectivity index (χ2v) is 5.69. The summed E-state index contributed by atoms with van der Waals surface area (Å²) in [6.45, 7) is 4.65. The molecule has 0 spiro atoms. The zero-order chi connectivity index (χ0) is 17.8. The lowest BCUT2D eigenvalue weighted by Crippen LogP contribution is -2.56. The Bertz CT molecular complexity index is 560. The number of carbonyl (C=O) groups excluding carboxylic acids is 2. The molecule has 2 N–H and O–H groups in total. The van der Waals surface area contributed by atoms with Crippen LogP contribution in [0.25, 0.3) is 0 Å². The smallest absolute Gasteiger partial charge is 0.370 e. The van der Waals surface area contributed by atoms with E-state index in [9.17, 15) is 22.8 Å². The lowest BCUT2D eigenvalue weighted by atomic mass is 9.85. The van der Waals surface area contributed by atoms with Crippen molar-refractivity contribution in [3.8, 4) is 0 Å². The van der Waals surface area contributed by atoms with E-state index in [4.69, 9.17) is 5.73 Å². The zero-order valence-corrected chi connectivity index (χ0v) is 13.4. The van der Waals surface area contributed by atoms with Crippen LogP contribution in [0.1, 0.15) is 39.2 Å². The minimum Gasteiger partial charge on any atom is -0.370 e. The number of hydrogen-bond donors (Lipinski definition) is 1. The number of nitrogens with two attached hydrogens (primary N) is 1. The zero-order valence-electron chi connectivity index (χ0n) is 13.4. The lowest BCUT2D eigenvalue weighted by Gasteiger charge is -2.45. The van der Waals surface area contributed by atoms with Crippen molar-refractivity contribution < 1.29 is 22.8 Å². The highest BCUT2D eigenvalue weighted by molar-refractivity contribution is 5.84. The number of primary amides is 1. The predicted octanol–water partition coefficient (Wildman–Crippen LogP) is 2.97. The van der Waals surface area contributed by atoms with Crippen LogP contribution in [0.3, 0.4) is 0 Å². The molecular weight excluding hydrogens is 309 g/mol. The van der Waals surface area contributed by atoms with Crippen LogP contribution in [-0.2, 0) is 15.1 Å². The van der Waals surface area contributed by atoms with Gasteiger partial charge in [0.05, 0.1) is 5.54 Å². The summed E-state index contributed by atoms with van der Waals surface area (Å²) in [6, 6.07) is 7.47. The topological polar surface area (TPSA) is 63.4 Å². The van der Waals surface area contributed by atoms with Crippen LogP contribution in [0.2, 0.25) is 0 Å². The average molecular weight is 330 g/mol. The summed E-state index contributed by atoms with van der Waals surface area (Å²) in [5, 5.41) is 0. The monoisotopic (exact) mass is 330 g/mol. The van der Waals surface area contributed by atoms with Crippen molar-refractivity contribution in [1.29, 1.82) is 0 Å². The number of halogens is 3. The molecule has 0 aliphatic heterocycles. The van der Waals surface area contributed by atoms with Gasteiger partial charge in [0.2, 0.25) is 5.91 Å². The molecule has 0 fully saturated rings. The second kappa shape index (κ2) is 7.02. The molecule has 7 heteroatoms. The molecule has 2 amide bonds. The molecule has 0 saturated heterocycles. The van der Waals surface area contributed by atoms with E-state index in [1.54, 1.807) is 44.2 Å². The Hall–Kier alpha value is -2.05. The summed E-state index contributed by atoms with van der Waals surface area (Å²) in [7, 11) is 0. The van der Waals surface area contributed by atoms with Gasteiger partial charge in [0.25, 0.3) is 0 Å². The van der Waals surface area contributed by atoms with Crippen molar-refractivity contribution in [3.05, 3.63) is 35.9 Å². The highest BCUT2D eigenvalue weighted by Gasteiger charge is 2.50. The first-order valence-electron chi connectivity index (χ1n) is 7.28. The molecule has 2 atom stereocenters. The molecule has 0 radical (unpaired) electrons. The molecule has 1 rings (SSSR count). The van der Waals surface area contributed by atoms with Crippen LogP contribution in [-0.4, -0.2) is 28.9 Å². The molecule has 0 saturated carbocycles. The second-order valence-electron chi connectivity index (χ2n) is 5.69. The van der Waals surface area contributed by atoms with E-state index in [0.717, 1.165) is 4.90 Å². The molecule has 0 bridgehead atoms. The van der Waals surface area contributed by atoms with Gasteiger partial charge in [-0.2, -0.15) is 13.2 Å². The van der Waals surface area contributed by atoms with Gasteiger partial charge in [0.15, 0.2) is 0 Å². The molecule has 0 heterocycles. The van der Waals surface area contributed by atoms with Gasteiger partial charge in [-0.25, -0.2) is 0 Å². The summed E-state index contributed by atoms with van der Waals surface area (Å²) in [5.41, 5.74) is 4.47. The molecule has 1 aromatic rings. The maximum atomic E-state index is 13.1. The summed E-state index contributed by atoms with van der Waals surface area (Å²) in [4.78, 5) is 23.9. The van der Waals surface area contributed by atoms with Crippen LogP contribution < -0.4 is 5.73 Å². The van der Waals surface area contributed by atoms with Crippen LogP contribution in [0.5, 0.6) is 0 Å². The van der Waals surface area contributed by atoms with Gasteiger partial charge in [-0.3, -0.25) is 9.59 Å². The lowest BCUT2D eigenvalue weighted by molar-refractivity contribution is -0.195. The minimum absolute atomic E-state index is 0.252. The van der Waals surface area contributed by atoms with Crippen LogP contribution in [0, 0.1) is 0 Å². The summed E-state index contributed by atoms with van der Waals surface area (Å²) >= 11 is 0. The van der Waals surface area contributed by atoms with Crippen molar-refractivity contribution in [3.63, 3.8) is 0 Å². The van der Waals surface area contributed by atoms with E-state index < -0.39 is 29.6 Å². The highest BCUT2D eigenvalue weighted by atomic mass is 19.4. The Balaban J connectivity index is 3.41. The normalized spacial score (nSPS) is 15.6. The fourth-order valence-electron chi connectivity index (χ4n) is 2.74. The van der Waals surface area contributed by atoms with Gasteiger partial charge < -0.3 is 10.6 Å². The Labute approximate surface area is 133 Å². The number of benzene rings is 1. The molecular formula is C16H21F3N2O2. The number of alkyl halides is 3. The third kappa shape index (κ3) is 4.24. The SMILES string of the molecule is CCC(C)(c1ccccc1)N(C(=O)C(F)(F)F)C(C)CC(N)=O. The largest absolute Gasteiger partial charge is 0.471 e. The van der Waals surface area contributed by atoms with Crippen molar-refractivity contribution in [1.82, 2.24) is 4.90 Å². The predicted molar refractivity (Wildman–Crippen MR) is 80.3 cm³/mol. The Morgan fingerprint density at radius 2 is 1.74 bits per heavy atom. The van der Waals surface area contributed by atoms with Gasteiger partial charge in [0.1, 0.15) is 0 Å². The third-order valence-electron chi connectivity index (χ3n) is 4.01. The third-order valence-corrected chi connectivity index (χ3v) is 4.01. The molecule has 1 aromatic carbocycles. The summed E-state index contributed by atoms with van der Waals surface area (Å²) < 4.78 is 39.2. The van der Waals surface area contributed by atoms with Crippen molar-refractivity contribution in [2.45, 2.75) is 51.4 Å².